The number of amides is 1. The van der Waals surface area contributed by atoms with Crippen molar-refractivity contribution in [1.82, 2.24) is 5.32 Å². The van der Waals surface area contributed by atoms with Gasteiger partial charge in [-0.25, -0.2) is 0 Å². The SMILES string of the molecule is CC(NC(=O)c1ccccc1OC(F)F)c1ccc2c(c1)OCO2. The molecule has 1 N–H and O–H groups in total. The monoisotopic (exact) mass is 335 g/mol. The van der Waals surface area contributed by atoms with Crippen molar-refractivity contribution < 1.29 is 27.8 Å². The van der Waals surface area contributed by atoms with Gasteiger partial charge >= 0.3 is 6.61 Å². The molecule has 126 valence electrons. The van der Waals surface area contributed by atoms with Gasteiger partial charge < -0.3 is 19.5 Å². The molecule has 2 aromatic rings. The van der Waals surface area contributed by atoms with Crippen LogP contribution in [-0.2, 0) is 0 Å². The fraction of sp³-hybridized carbons (Fsp3) is 0.235. The number of halogens is 2. The Morgan fingerprint density at radius 3 is 2.71 bits per heavy atom. The lowest BCUT2D eigenvalue weighted by molar-refractivity contribution is -0.0501. The van der Waals surface area contributed by atoms with E-state index in [9.17, 15) is 13.6 Å². The molecule has 0 bridgehead atoms. The lowest BCUT2D eigenvalue weighted by Crippen LogP contribution is -2.27. The van der Waals surface area contributed by atoms with E-state index in [-0.39, 0.29) is 24.1 Å². The first-order valence-electron chi connectivity index (χ1n) is 7.29. The summed E-state index contributed by atoms with van der Waals surface area (Å²) in [6.07, 6.45) is 0. The molecule has 1 aliphatic rings. The number of fused-ring (bicyclic) bond motifs is 1. The second-order valence-corrected chi connectivity index (χ2v) is 5.18. The van der Waals surface area contributed by atoms with Gasteiger partial charge in [-0.15, -0.1) is 0 Å². The lowest BCUT2D eigenvalue weighted by atomic mass is 10.1. The smallest absolute Gasteiger partial charge is 0.387 e. The Labute approximate surface area is 137 Å². The summed E-state index contributed by atoms with van der Waals surface area (Å²) in [6, 6.07) is 10.8. The molecule has 1 unspecified atom stereocenters. The standard InChI is InChI=1S/C17H15F2NO4/c1-10(11-6-7-14-15(8-11)23-9-22-14)20-16(21)12-4-2-3-5-13(12)24-17(18)19/h2-8,10,17H,9H2,1H3,(H,20,21). The normalized spacial score (nSPS) is 13.7. The van der Waals surface area contributed by atoms with E-state index in [1.807, 2.05) is 0 Å². The van der Waals surface area contributed by atoms with Crippen LogP contribution in [0.3, 0.4) is 0 Å². The Hall–Kier alpha value is -2.83. The van der Waals surface area contributed by atoms with Crippen molar-refractivity contribution in [3.8, 4) is 17.2 Å². The van der Waals surface area contributed by atoms with Crippen molar-refractivity contribution in [1.29, 1.82) is 0 Å². The summed E-state index contributed by atoms with van der Waals surface area (Å²) in [6.45, 7) is -1.05. The second kappa shape index (κ2) is 6.74. The van der Waals surface area contributed by atoms with Gasteiger partial charge in [0.05, 0.1) is 11.6 Å². The van der Waals surface area contributed by atoms with Gasteiger partial charge in [-0.2, -0.15) is 8.78 Å². The highest BCUT2D eigenvalue weighted by molar-refractivity contribution is 5.97. The number of hydrogen-bond donors (Lipinski definition) is 1. The summed E-state index contributed by atoms with van der Waals surface area (Å²) in [5.74, 6) is 0.585. The molecule has 0 aliphatic carbocycles. The quantitative estimate of drug-likeness (QED) is 0.908. The molecule has 0 spiro atoms. The van der Waals surface area contributed by atoms with Crippen LogP contribution in [0.5, 0.6) is 17.2 Å². The van der Waals surface area contributed by atoms with Gasteiger partial charge in [0.1, 0.15) is 5.75 Å². The molecule has 0 saturated heterocycles. The van der Waals surface area contributed by atoms with Crippen molar-refractivity contribution in [3.63, 3.8) is 0 Å². The zero-order valence-corrected chi connectivity index (χ0v) is 12.8. The van der Waals surface area contributed by atoms with E-state index in [0.717, 1.165) is 5.56 Å². The molecule has 7 heteroatoms. The minimum atomic E-state index is -3.00. The van der Waals surface area contributed by atoms with Crippen LogP contribution in [0.25, 0.3) is 0 Å². The molecule has 1 heterocycles. The fourth-order valence-electron chi connectivity index (χ4n) is 2.39. The molecular weight excluding hydrogens is 320 g/mol. The highest BCUT2D eigenvalue weighted by Crippen LogP contribution is 2.34. The average molecular weight is 335 g/mol. The Balaban J connectivity index is 1.75. The summed E-state index contributed by atoms with van der Waals surface area (Å²) in [5, 5.41) is 2.76. The number of carbonyl (C=O) groups excluding carboxylic acids is 1. The number of benzene rings is 2. The molecule has 0 fully saturated rings. The van der Waals surface area contributed by atoms with Crippen molar-refractivity contribution in [2.45, 2.75) is 19.6 Å². The van der Waals surface area contributed by atoms with Crippen LogP contribution < -0.4 is 19.5 Å². The summed E-state index contributed by atoms with van der Waals surface area (Å²) in [4.78, 5) is 12.4. The average Bonchev–Trinajstić information content (AvgIpc) is 3.02. The Morgan fingerprint density at radius 2 is 1.92 bits per heavy atom. The van der Waals surface area contributed by atoms with E-state index < -0.39 is 12.5 Å². The van der Waals surface area contributed by atoms with Crippen LogP contribution in [0.15, 0.2) is 42.5 Å². The van der Waals surface area contributed by atoms with Crippen molar-refractivity contribution in [2.24, 2.45) is 0 Å². The Kier molecular flexibility index (Phi) is 4.50. The van der Waals surface area contributed by atoms with Crippen molar-refractivity contribution >= 4 is 5.91 Å². The number of para-hydroxylation sites is 1. The first kappa shape index (κ1) is 16.0. The van der Waals surface area contributed by atoms with Gasteiger partial charge in [-0.3, -0.25) is 4.79 Å². The molecule has 0 radical (unpaired) electrons. The van der Waals surface area contributed by atoms with Gasteiger partial charge in [0.25, 0.3) is 5.91 Å². The maximum Gasteiger partial charge on any atom is 0.387 e. The zero-order valence-electron chi connectivity index (χ0n) is 12.8. The van der Waals surface area contributed by atoms with Gasteiger partial charge in [0.15, 0.2) is 11.5 Å². The van der Waals surface area contributed by atoms with Crippen LogP contribution >= 0.6 is 0 Å². The molecule has 3 rings (SSSR count). The zero-order chi connectivity index (χ0) is 17.1. The minimum absolute atomic E-state index is 0.0467. The summed E-state index contributed by atoms with van der Waals surface area (Å²) >= 11 is 0. The van der Waals surface area contributed by atoms with E-state index in [1.165, 1.54) is 18.2 Å². The van der Waals surface area contributed by atoms with Crippen LogP contribution in [0.4, 0.5) is 8.78 Å². The third-order valence-corrected chi connectivity index (χ3v) is 3.59. The molecule has 1 atom stereocenters. The van der Waals surface area contributed by atoms with E-state index in [0.29, 0.717) is 11.5 Å². The third kappa shape index (κ3) is 3.40. The number of hydrogen-bond acceptors (Lipinski definition) is 4. The maximum absolute atomic E-state index is 12.4. The van der Waals surface area contributed by atoms with Gasteiger partial charge in [-0.05, 0) is 36.8 Å². The molecule has 1 amide bonds. The molecule has 0 saturated carbocycles. The highest BCUT2D eigenvalue weighted by Gasteiger charge is 2.20. The molecule has 2 aromatic carbocycles. The number of rotatable bonds is 5. The largest absolute Gasteiger partial charge is 0.454 e. The maximum atomic E-state index is 12.4. The van der Waals surface area contributed by atoms with E-state index in [1.54, 1.807) is 31.2 Å². The van der Waals surface area contributed by atoms with E-state index >= 15 is 0 Å². The van der Waals surface area contributed by atoms with E-state index in [4.69, 9.17) is 9.47 Å². The Morgan fingerprint density at radius 1 is 1.17 bits per heavy atom. The number of nitrogens with one attached hydrogen (secondary N) is 1. The molecule has 1 aliphatic heterocycles. The van der Waals surface area contributed by atoms with Crippen LogP contribution in [0, 0.1) is 0 Å². The molecule has 5 nitrogen and oxygen atoms in total. The first-order valence-corrected chi connectivity index (χ1v) is 7.29. The highest BCUT2D eigenvalue weighted by atomic mass is 19.3. The van der Waals surface area contributed by atoms with Gasteiger partial charge in [0.2, 0.25) is 6.79 Å². The minimum Gasteiger partial charge on any atom is -0.454 e. The van der Waals surface area contributed by atoms with Crippen LogP contribution in [0.2, 0.25) is 0 Å². The molecule has 24 heavy (non-hydrogen) atoms. The second-order valence-electron chi connectivity index (χ2n) is 5.18. The van der Waals surface area contributed by atoms with Crippen LogP contribution in [-0.4, -0.2) is 19.3 Å². The van der Waals surface area contributed by atoms with Gasteiger partial charge in [-0.1, -0.05) is 18.2 Å². The topological polar surface area (TPSA) is 56.8 Å². The number of alkyl halides is 2. The van der Waals surface area contributed by atoms with Crippen molar-refractivity contribution in [3.05, 3.63) is 53.6 Å². The van der Waals surface area contributed by atoms with Gasteiger partial charge in [0, 0.05) is 0 Å². The fourth-order valence-corrected chi connectivity index (χ4v) is 2.39. The van der Waals surface area contributed by atoms with Crippen LogP contribution in [0.1, 0.15) is 28.9 Å². The predicted molar refractivity (Wildman–Crippen MR) is 81.5 cm³/mol. The summed E-state index contributed by atoms with van der Waals surface area (Å²) < 4.78 is 39.8. The third-order valence-electron chi connectivity index (χ3n) is 3.59. The first-order chi connectivity index (χ1) is 11.5. The predicted octanol–water partition coefficient (Wildman–Crippen LogP) is 3.51. The van der Waals surface area contributed by atoms with E-state index in [2.05, 4.69) is 10.1 Å². The molecule has 0 aromatic heterocycles. The number of carbonyl (C=O) groups is 1. The summed E-state index contributed by atoms with van der Waals surface area (Å²) in [7, 11) is 0. The van der Waals surface area contributed by atoms with Crippen molar-refractivity contribution in [2.75, 3.05) is 6.79 Å². The molecular formula is C17H15F2NO4. The Bertz CT molecular complexity index is 751. The lowest BCUT2D eigenvalue weighted by Gasteiger charge is -2.16. The number of ether oxygens (including phenoxy) is 3. The summed E-state index contributed by atoms with van der Waals surface area (Å²) in [5.41, 5.74) is 0.852.